The first kappa shape index (κ1) is 17.4. The third kappa shape index (κ3) is 3.07. The number of fused-ring (bicyclic) bond motifs is 1. The molecular weight excluding hydrogens is 356 g/mol. The van der Waals surface area contributed by atoms with Gasteiger partial charge in [0.25, 0.3) is 0 Å². The molecule has 26 heavy (non-hydrogen) atoms. The molecule has 0 N–H and O–H groups in total. The molecule has 1 aromatic carbocycles. The summed E-state index contributed by atoms with van der Waals surface area (Å²) in [5.74, 6) is 1.85. The lowest BCUT2D eigenvalue weighted by molar-refractivity contribution is 0.171. The Kier molecular flexibility index (Phi) is 4.62. The Morgan fingerprint density at radius 1 is 1.19 bits per heavy atom. The normalized spacial score (nSPS) is 20.4. The van der Waals surface area contributed by atoms with Gasteiger partial charge in [0, 0.05) is 25.1 Å². The van der Waals surface area contributed by atoms with E-state index in [0.717, 1.165) is 31.4 Å². The zero-order valence-electron chi connectivity index (χ0n) is 14.7. The standard InChI is InChI=1S/C18H22N2O5S/c1-2-4-13-11-15(19-25-13)16-5-3-8-20(16)26(21,22)14-6-7-17-18(12-14)24-10-9-23-17/h6-7,11-12,16H,2-5,8-10H2,1H3/t16-/m0/s1. The predicted molar refractivity (Wildman–Crippen MR) is 93.8 cm³/mol. The van der Waals surface area contributed by atoms with Gasteiger partial charge in [0.1, 0.15) is 24.7 Å². The molecule has 2 aromatic rings. The molecule has 4 rings (SSSR count). The fraction of sp³-hybridized carbons (Fsp3) is 0.500. The van der Waals surface area contributed by atoms with Gasteiger partial charge in [-0.15, -0.1) is 0 Å². The van der Waals surface area contributed by atoms with Crippen LogP contribution < -0.4 is 9.47 Å². The van der Waals surface area contributed by atoms with Crippen molar-refractivity contribution in [3.8, 4) is 11.5 Å². The van der Waals surface area contributed by atoms with Crippen LogP contribution in [0.2, 0.25) is 0 Å². The highest BCUT2D eigenvalue weighted by molar-refractivity contribution is 7.89. The summed E-state index contributed by atoms with van der Waals surface area (Å²) in [5.41, 5.74) is 0.687. The molecule has 0 amide bonds. The molecule has 1 aromatic heterocycles. The second-order valence-corrected chi connectivity index (χ2v) is 8.44. The molecule has 8 heteroatoms. The fourth-order valence-electron chi connectivity index (χ4n) is 3.49. The molecule has 3 heterocycles. The third-order valence-corrected chi connectivity index (χ3v) is 6.64. The SMILES string of the molecule is CCCc1cc([C@@H]2CCCN2S(=O)(=O)c2ccc3c(c2)OCCO3)no1. The molecule has 1 fully saturated rings. The molecule has 0 bridgehead atoms. The van der Waals surface area contributed by atoms with Crippen LogP contribution in [0.25, 0.3) is 0 Å². The van der Waals surface area contributed by atoms with Crippen LogP contribution in [0.3, 0.4) is 0 Å². The van der Waals surface area contributed by atoms with Gasteiger partial charge in [0.15, 0.2) is 11.5 Å². The number of nitrogens with zero attached hydrogens (tertiary/aromatic N) is 2. The van der Waals surface area contributed by atoms with E-state index >= 15 is 0 Å². The Hall–Kier alpha value is -2.06. The van der Waals surface area contributed by atoms with Gasteiger partial charge in [0.05, 0.1) is 10.9 Å². The molecule has 7 nitrogen and oxygen atoms in total. The number of aromatic nitrogens is 1. The maximum absolute atomic E-state index is 13.2. The number of sulfonamides is 1. The van der Waals surface area contributed by atoms with Gasteiger partial charge in [-0.1, -0.05) is 12.1 Å². The molecule has 0 aliphatic carbocycles. The van der Waals surface area contributed by atoms with Crippen LogP contribution in [-0.2, 0) is 16.4 Å². The Morgan fingerprint density at radius 3 is 2.81 bits per heavy atom. The van der Waals surface area contributed by atoms with Crippen LogP contribution in [0.5, 0.6) is 11.5 Å². The van der Waals surface area contributed by atoms with Gasteiger partial charge >= 0.3 is 0 Å². The number of hydrogen-bond acceptors (Lipinski definition) is 6. The monoisotopic (exact) mass is 378 g/mol. The van der Waals surface area contributed by atoms with E-state index in [1.807, 2.05) is 6.07 Å². The molecule has 0 radical (unpaired) electrons. The van der Waals surface area contributed by atoms with E-state index in [2.05, 4.69) is 12.1 Å². The molecule has 2 aliphatic heterocycles. The molecule has 0 spiro atoms. The Morgan fingerprint density at radius 2 is 2.00 bits per heavy atom. The van der Waals surface area contributed by atoms with Gasteiger partial charge in [-0.25, -0.2) is 8.42 Å². The van der Waals surface area contributed by atoms with E-state index in [1.165, 1.54) is 4.31 Å². The lowest BCUT2D eigenvalue weighted by atomic mass is 10.1. The van der Waals surface area contributed by atoms with Crippen molar-refractivity contribution < 1.29 is 22.4 Å². The molecule has 140 valence electrons. The van der Waals surface area contributed by atoms with Crippen LogP contribution in [0.15, 0.2) is 33.7 Å². The number of rotatable bonds is 5. The van der Waals surface area contributed by atoms with E-state index in [9.17, 15) is 8.42 Å². The number of aryl methyl sites for hydroxylation is 1. The Labute approximate surface area is 152 Å². The minimum absolute atomic E-state index is 0.214. The zero-order chi connectivity index (χ0) is 18.1. The summed E-state index contributed by atoms with van der Waals surface area (Å²) in [7, 11) is -3.66. The van der Waals surface area contributed by atoms with Crippen LogP contribution in [0.4, 0.5) is 0 Å². The fourth-order valence-corrected chi connectivity index (χ4v) is 5.18. The summed E-state index contributed by atoms with van der Waals surface area (Å²) < 4.78 is 44.3. The summed E-state index contributed by atoms with van der Waals surface area (Å²) in [5, 5.41) is 4.12. The van der Waals surface area contributed by atoms with E-state index in [0.29, 0.717) is 37.0 Å². The highest BCUT2D eigenvalue weighted by Gasteiger charge is 2.38. The van der Waals surface area contributed by atoms with Crippen molar-refractivity contribution in [1.82, 2.24) is 9.46 Å². The van der Waals surface area contributed by atoms with E-state index < -0.39 is 10.0 Å². The molecule has 2 aliphatic rings. The van der Waals surface area contributed by atoms with Crippen molar-refractivity contribution >= 4 is 10.0 Å². The quantitative estimate of drug-likeness (QED) is 0.796. The molecule has 1 saturated heterocycles. The van der Waals surface area contributed by atoms with Gasteiger partial charge in [-0.2, -0.15) is 4.31 Å². The van der Waals surface area contributed by atoms with Gasteiger partial charge < -0.3 is 14.0 Å². The first-order valence-corrected chi connectivity index (χ1v) is 10.4. The summed E-state index contributed by atoms with van der Waals surface area (Å²) in [6.45, 7) is 3.43. The van der Waals surface area contributed by atoms with E-state index in [1.54, 1.807) is 18.2 Å². The molecular formula is C18H22N2O5S. The predicted octanol–water partition coefficient (Wildman–Crippen LogP) is 2.92. The van der Waals surface area contributed by atoms with E-state index in [4.69, 9.17) is 14.0 Å². The summed E-state index contributed by atoms with van der Waals surface area (Å²) in [6, 6.07) is 6.37. The maximum Gasteiger partial charge on any atom is 0.243 e. The first-order chi connectivity index (χ1) is 12.6. The van der Waals surface area contributed by atoms with Crippen molar-refractivity contribution in [1.29, 1.82) is 0 Å². The smallest absolute Gasteiger partial charge is 0.243 e. The highest BCUT2D eigenvalue weighted by Crippen LogP contribution is 2.39. The topological polar surface area (TPSA) is 81.9 Å². The van der Waals surface area contributed by atoms with Gasteiger partial charge in [0.2, 0.25) is 10.0 Å². The minimum atomic E-state index is -3.66. The van der Waals surface area contributed by atoms with Crippen molar-refractivity contribution in [2.24, 2.45) is 0 Å². The van der Waals surface area contributed by atoms with Crippen LogP contribution >= 0.6 is 0 Å². The maximum atomic E-state index is 13.2. The summed E-state index contributed by atoms with van der Waals surface area (Å²) >= 11 is 0. The molecule has 0 unspecified atom stereocenters. The Bertz CT molecular complexity index is 893. The highest BCUT2D eigenvalue weighted by atomic mass is 32.2. The van der Waals surface area contributed by atoms with Crippen molar-refractivity contribution in [3.05, 3.63) is 35.7 Å². The van der Waals surface area contributed by atoms with Crippen molar-refractivity contribution in [2.75, 3.05) is 19.8 Å². The second-order valence-electron chi connectivity index (χ2n) is 6.55. The van der Waals surface area contributed by atoms with Crippen LogP contribution in [-0.4, -0.2) is 37.6 Å². The van der Waals surface area contributed by atoms with Gasteiger partial charge in [-0.3, -0.25) is 0 Å². The number of benzene rings is 1. The minimum Gasteiger partial charge on any atom is -0.486 e. The van der Waals surface area contributed by atoms with Gasteiger partial charge in [-0.05, 0) is 31.4 Å². The molecule has 0 saturated carbocycles. The van der Waals surface area contributed by atoms with Crippen LogP contribution in [0, 0.1) is 0 Å². The largest absolute Gasteiger partial charge is 0.486 e. The first-order valence-electron chi connectivity index (χ1n) is 8.96. The summed E-state index contributed by atoms with van der Waals surface area (Å²) in [4.78, 5) is 0.214. The van der Waals surface area contributed by atoms with Crippen molar-refractivity contribution in [3.63, 3.8) is 0 Å². The second kappa shape index (κ2) is 6.92. The van der Waals surface area contributed by atoms with Crippen molar-refractivity contribution in [2.45, 2.75) is 43.5 Å². The van der Waals surface area contributed by atoms with Crippen LogP contribution in [0.1, 0.15) is 43.7 Å². The average molecular weight is 378 g/mol. The number of hydrogen-bond donors (Lipinski definition) is 0. The summed E-state index contributed by atoms with van der Waals surface area (Å²) in [6.07, 6.45) is 3.29. The third-order valence-electron chi connectivity index (χ3n) is 4.74. The zero-order valence-corrected chi connectivity index (χ0v) is 15.5. The van der Waals surface area contributed by atoms with E-state index in [-0.39, 0.29) is 10.9 Å². The molecule has 1 atom stereocenters. The lowest BCUT2D eigenvalue weighted by Gasteiger charge is -2.24. The Balaban J connectivity index is 1.63. The lowest BCUT2D eigenvalue weighted by Crippen LogP contribution is -2.31. The number of ether oxygens (including phenoxy) is 2. The average Bonchev–Trinajstić information content (AvgIpc) is 3.31.